The third-order valence-corrected chi connectivity index (χ3v) is 2.23. The highest BCUT2D eigenvalue weighted by Gasteiger charge is 2.09. The summed E-state index contributed by atoms with van der Waals surface area (Å²) in [6.45, 7) is -0.778. The van der Waals surface area contributed by atoms with Gasteiger partial charge in [0.05, 0.1) is 0 Å². The number of benzene rings is 2. The molecule has 4 N–H and O–H groups in total. The number of carboxylic acid groups (broad SMARTS) is 2. The van der Waals surface area contributed by atoms with E-state index in [0.717, 1.165) is 10.8 Å². The predicted molar refractivity (Wildman–Crippen MR) is 67.3 cm³/mol. The van der Waals surface area contributed by atoms with Crippen molar-refractivity contribution in [1.82, 2.24) is 0 Å². The van der Waals surface area contributed by atoms with Crippen LogP contribution in [-0.2, 0) is 4.79 Å². The Kier molecular flexibility index (Phi) is 4.84. The third-order valence-electron chi connectivity index (χ3n) is 2.23. The molecule has 2 rings (SSSR count). The molecule has 0 aliphatic heterocycles. The van der Waals surface area contributed by atoms with Crippen molar-refractivity contribution in [3.8, 4) is 5.75 Å². The number of rotatable bonds is 2. The largest absolute Gasteiger partial charge is 0.507 e. The quantitative estimate of drug-likeness (QED) is 0.650. The van der Waals surface area contributed by atoms with Crippen molar-refractivity contribution >= 4 is 22.7 Å². The first-order valence-corrected chi connectivity index (χ1v) is 5.23. The average molecular weight is 264 g/mol. The number of hydrogen-bond acceptors (Lipinski definition) is 4. The van der Waals surface area contributed by atoms with Gasteiger partial charge in [-0.2, -0.15) is 0 Å². The first-order valence-electron chi connectivity index (χ1n) is 5.23. The number of hydrogen-bond donors (Lipinski definition) is 4. The fourth-order valence-corrected chi connectivity index (χ4v) is 1.40. The van der Waals surface area contributed by atoms with Crippen LogP contribution in [-0.4, -0.2) is 39.0 Å². The molecular formula is C13H12O6. The second-order valence-electron chi connectivity index (χ2n) is 3.57. The van der Waals surface area contributed by atoms with Crippen LogP contribution < -0.4 is 0 Å². The maximum Gasteiger partial charge on any atom is 0.339 e. The van der Waals surface area contributed by atoms with E-state index in [1.54, 1.807) is 6.07 Å². The van der Waals surface area contributed by atoms with E-state index in [1.807, 2.05) is 18.2 Å². The van der Waals surface area contributed by atoms with Crippen LogP contribution in [0.1, 0.15) is 10.4 Å². The first-order chi connectivity index (χ1) is 8.95. The van der Waals surface area contributed by atoms with Crippen LogP contribution in [0, 0.1) is 0 Å². The molecule has 0 spiro atoms. The van der Waals surface area contributed by atoms with E-state index in [0.29, 0.717) is 0 Å². The molecule has 0 saturated heterocycles. The molecule has 0 amide bonds. The van der Waals surface area contributed by atoms with Crippen LogP contribution in [0.5, 0.6) is 5.75 Å². The highest BCUT2D eigenvalue weighted by atomic mass is 16.4. The first kappa shape index (κ1) is 14.5. The van der Waals surface area contributed by atoms with Crippen molar-refractivity contribution in [3.05, 3.63) is 42.0 Å². The smallest absolute Gasteiger partial charge is 0.339 e. The maximum absolute atomic E-state index is 10.7. The normalized spacial score (nSPS) is 9.53. The number of aromatic carboxylic acids is 1. The SMILES string of the molecule is O=C(O)CO.O=C(O)c1cc2ccccc2cc1O. The minimum atomic E-state index is -1.19. The van der Waals surface area contributed by atoms with E-state index in [-0.39, 0.29) is 11.3 Å². The summed E-state index contributed by atoms with van der Waals surface area (Å²) in [6, 6.07) is 10.2. The number of aliphatic carboxylic acids is 1. The molecule has 0 bridgehead atoms. The van der Waals surface area contributed by atoms with Crippen LogP contribution in [0.25, 0.3) is 10.8 Å². The van der Waals surface area contributed by atoms with Crippen LogP contribution in [0.15, 0.2) is 36.4 Å². The molecular weight excluding hydrogens is 252 g/mol. The second-order valence-corrected chi connectivity index (χ2v) is 3.57. The summed E-state index contributed by atoms with van der Waals surface area (Å²) in [7, 11) is 0. The minimum Gasteiger partial charge on any atom is -0.507 e. The van der Waals surface area contributed by atoms with Gasteiger partial charge in [-0.3, -0.25) is 0 Å². The molecule has 0 unspecified atom stereocenters. The summed E-state index contributed by atoms with van der Waals surface area (Å²) in [4.78, 5) is 19.8. The number of carboxylic acids is 2. The van der Waals surface area contributed by atoms with Gasteiger partial charge in [0.1, 0.15) is 17.9 Å². The van der Waals surface area contributed by atoms with Crippen molar-refractivity contribution in [2.45, 2.75) is 0 Å². The van der Waals surface area contributed by atoms with Gasteiger partial charge in [-0.25, -0.2) is 9.59 Å². The van der Waals surface area contributed by atoms with E-state index >= 15 is 0 Å². The summed E-state index contributed by atoms with van der Waals surface area (Å²) >= 11 is 0. The Morgan fingerprint density at radius 3 is 1.89 bits per heavy atom. The lowest BCUT2D eigenvalue weighted by atomic mass is 10.1. The molecule has 0 radical (unpaired) electrons. The van der Waals surface area contributed by atoms with Gasteiger partial charge in [-0.1, -0.05) is 24.3 Å². The maximum atomic E-state index is 10.7. The van der Waals surface area contributed by atoms with Crippen LogP contribution in [0.3, 0.4) is 0 Å². The molecule has 0 saturated carbocycles. The Hall–Kier alpha value is -2.60. The molecule has 6 heteroatoms. The molecule has 2 aromatic rings. The Balaban J connectivity index is 0.000000312. The number of aliphatic hydroxyl groups is 1. The lowest BCUT2D eigenvalue weighted by Crippen LogP contribution is -1.98. The summed E-state index contributed by atoms with van der Waals surface area (Å²) < 4.78 is 0. The van der Waals surface area contributed by atoms with E-state index in [4.69, 9.17) is 20.1 Å². The Labute approximate surface area is 108 Å². The number of aliphatic hydroxyl groups excluding tert-OH is 1. The van der Waals surface area contributed by atoms with Crippen molar-refractivity contribution in [1.29, 1.82) is 0 Å². The van der Waals surface area contributed by atoms with Crippen molar-refractivity contribution in [3.63, 3.8) is 0 Å². The van der Waals surface area contributed by atoms with Gasteiger partial charge in [0, 0.05) is 0 Å². The summed E-state index contributed by atoms with van der Waals surface area (Å²) in [5.74, 6) is -2.51. The van der Waals surface area contributed by atoms with Gasteiger partial charge >= 0.3 is 11.9 Å². The zero-order chi connectivity index (χ0) is 14.4. The Bertz CT molecular complexity index is 605. The number of aromatic hydroxyl groups is 1. The fourth-order valence-electron chi connectivity index (χ4n) is 1.40. The summed E-state index contributed by atoms with van der Waals surface area (Å²) in [5.41, 5.74) is -0.0660. The zero-order valence-electron chi connectivity index (χ0n) is 9.78. The summed E-state index contributed by atoms with van der Waals surface area (Å²) in [5, 5.41) is 34.8. The van der Waals surface area contributed by atoms with E-state index in [2.05, 4.69) is 0 Å². The molecule has 0 heterocycles. The third kappa shape index (κ3) is 3.97. The fraction of sp³-hybridized carbons (Fsp3) is 0.0769. The lowest BCUT2D eigenvalue weighted by Gasteiger charge is -2.02. The van der Waals surface area contributed by atoms with E-state index in [9.17, 15) is 9.90 Å². The Morgan fingerprint density at radius 2 is 1.47 bits per heavy atom. The molecule has 6 nitrogen and oxygen atoms in total. The minimum absolute atomic E-state index is 0.0660. The molecule has 0 fully saturated rings. The number of phenols is 1. The lowest BCUT2D eigenvalue weighted by molar-refractivity contribution is -0.140. The van der Waals surface area contributed by atoms with Crippen LogP contribution in [0.4, 0.5) is 0 Å². The van der Waals surface area contributed by atoms with Gasteiger partial charge in [0.25, 0.3) is 0 Å². The molecule has 0 aliphatic carbocycles. The molecule has 0 aromatic heterocycles. The predicted octanol–water partition coefficient (Wildman–Crippen LogP) is 1.31. The highest BCUT2D eigenvalue weighted by molar-refractivity contribution is 5.97. The van der Waals surface area contributed by atoms with Gasteiger partial charge in [0.15, 0.2) is 0 Å². The molecule has 100 valence electrons. The summed E-state index contributed by atoms with van der Waals surface area (Å²) in [6.07, 6.45) is 0. The second kappa shape index (κ2) is 6.36. The van der Waals surface area contributed by atoms with E-state index < -0.39 is 18.5 Å². The van der Waals surface area contributed by atoms with Crippen LogP contribution in [0.2, 0.25) is 0 Å². The number of fused-ring (bicyclic) bond motifs is 1. The van der Waals surface area contributed by atoms with Gasteiger partial charge in [-0.15, -0.1) is 0 Å². The standard InChI is InChI=1S/C11H8O3.C2H4O3/c12-10-6-8-4-2-1-3-7(8)5-9(10)11(13)14;3-1-2(4)5/h1-6,12H,(H,13,14);3H,1H2,(H,4,5). The molecule has 19 heavy (non-hydrogen) atoms. The topological polar surface area (TPSA) is 115 Å². The van der Waals surface area contributed by atoms with E-state index in [1.165, 1.54) is 12.1 Å². The average Bonchev–Trinajstić information content (AvgIpc) is 2.38. The van der Waals surface area contributed by atoms with Crippen molar-refractivity contribution in [2.75, 3.05) is 6.61 Å². The number of carbonyl (C=O) groups is 2. The van der Waals surface area contributed by atoms with Crippen molar-refractivity contribution in [2.24, 2.45) is 0 Å². The highest BCUT2D eigenvalue weighted by Crippen LogP contribution is 2.24. The van der Waals surface area contributed by atoms with Gasteiger partial charge < -0.3 is 20.4 Å². The zero-order valence-corrected chi connectivity index (χ0v) is 9.78. The van der Waals surface area contributed by atoms with Crippen LogP contribution >= 0.6 is 0 Å². The van der Waals surface area contributed by atoms with Gasteiger partial charge in [-0.05, 0) is 22.9 Å². The molecule has 0 aliphatic rings. The molecule has 2 aromatic carbocycles. The molecule has 0 atom stereocenters. The van der Waals surface area contributed by atoms with Gasteiger partial charge in [0.2, 0.25) is 0 Å². The monoisotopic (exact) mass is 264 g/mol. The Morgan fingerprint density at radius 1 is 1.00 bits per heavy atom. The van der Waals surface area contributed by atoms with Crippen molar-refractivity contribution < 1.29 is 30.0 Å².